The van der Waals surface area contributed by atoms with Gasteiger partial charge < -0.3 is 19.5 Å². The molecular weight excluding hydrogens is 415 g/mol. The van der Waals surface area contributed by atoms with Crippen LogP contribution in [0.1, 0.15) is 72.8 Å². The molecule has 0 spiro atoms. The lowest BCUT2D eigenvalue weighted by Gasteiger charge is -2.64. The summed E-state index contributed by atoms with van der Waals surface area (Å²) in [6.07, 6.45) is 3.55. The number of carbonyl (C=O) groups is 1. The van der Waals surface area contributed by atoms with E-state index in [1.54, 1.807) is 0 Å². The molecule has 0 aromatic heterocycles. The molecule has 2 bridgehead atoms. The fourth-order valence-electron chi connectivity index (χ4n) is 6.59. The smallest absolute Gasteiger partial charge is 0.404 e. The number of amides is 1. The van der Waals surface area contributed by atoms with Gasteiger partial charge in [0.05, 0.1) is 23.4 Å². The molecule has 3 aliphatic carbocycles. The van der Waals surface area contributed by atoms with Crippen molar-refractivity contribution < 1.29 is 18.9 Å². The minimum atomic E-state index is -1.04. The molecule has 1 amide bonds. The molecule has 1 N–H and O–H groups in total. The summed E-state index contributed by atoms with van der Waals surface area (Å²) in [6, 6.07) is 9.87. The van der Waals surface area contributed by atoms with Crippen molar-refractivity contribution in [3.8, 4) is 0 Å². The van der Waals surface area contributed by atoms with E-state index in [1.165, 1.54) is 6.42 Å². The van der Waals surface area contributed by atoms with Crippen molar-refractivity contribution in [1.29, 1.82) is 0 Å². The number of nitrogens with zero attached hydrogens (tertiary/aromatic N) is 1. The quantitative estimate of drug-likeness (QED) is 0.651. The van der Waals surface area contributed by atoms with E-state index in [0.29, 0.717) is 24.2 Å². The van der Waals surface area contributed by atoms with Crippen molar-refractivity contribution in [3.05, 3.63) is 35.9 Å². The largest absolute Gasteiger partial charge is 0.481 e. The van der Waals surface area contributed by atoms with Gasteiger partial charge >= 0.3 is 7.12 Å². The normalized spacial score (nSPS) is 37.1. The number of hydrogen-bond acceptors (Lipinski definition) is 5. The molecule has 6 rings (SSSR count). The van der Waals surface area contributed by atoms with Crippen LogP contribution in [0.3, 0.4) is 0 Å². The molecule has 0 radical (unpaired) electrons. The van der Waals surface area contributed by atoms with Gasteiger partial charge in [-0.25, -0.2) is 0 Å². The van der Waals surface area contributed by atoms with Gasteiger partial charge in [-0.2, -0.15) is 0 Å². The molecule has 1 aromatic rings. The molecule has 178 valence electrons. The van der Waals surface area contributed by atoms with Gasteiger partial charge in [-0.15, -0.1) is 0 Å². The number of nitrogens with one attached hydrogen (secondary N) is 1. The van der Waals surface area contributed by atoms with Crippen molar-refractivity contribution in [2.45, 2.75) is 90.5 Å². The molecule has 1 aromatic carbocycles. The van der Waals surface area contributed by atoms with Gasteiger partial charge in [0, 0.05) is 6.42 Å². The standard InChI is InChI=1S/C26H37BN2O4/c1-16(2)12-22(27-31-21-14-18-13-20(24(18,3)4)26(21,6)32-27)28-23(30)25(5)15-19(29-33-25)17-10-8-7-9-11-17/h7-11,16,18,20-22H,12-15H2,1-6H3,(H,28,30)/t18-,20-,21+,22-,25?,26-/m0/s1. The van der Waals surface area contributed by atoms with Crippen molar-refractivity contribution >= 4 is 18.7 Å². The average molecular weight is 452 g/mol. The van der Waals surface area contributed by atoms with Gasteiger partial charge in [0.15, 0.2) is 0 Å². The zero-order valence-corrected chi connectivity index (χ0v) is 20.8. The minimum Gasteiger partial charge on any atom is -0.404 e. The molecule has 4 fully saturated rings. The topological polar surface area (TPSA) is 69.2 Å². The van der Waals surface area contributed by atoms with Gasteiger partial charge in [-0.3, -0.25) is 4.79 Å². The summed E-state index contributed by atoms with van der Waals surface area (Å²) < 4.78 is 13.2. The number of oxime groups is 1. The maximum absolute atomic E-state index is 13.4. The third kappa shape index (κ3) is 3.72. The van der Waals surface area contributed by atoms with Crippen molar-refractivity contribution in [1.82, 2.24) is 5.32 Å². The lowest BCUT2D eigenvalue weighted by Crippen LogP contribution is -2.65. The number of hydrogen-bond donors (Lipinski definition) is 1. The first kappa shape index (κ1) is 22.9. The van der Waals surface area contributed by atoms with Crippen LogP contribution in [-0.2, 0) is 18.9 Å². The van der Waals surface area contributed by atoms with Crippen LogP contribution in [0.25, 0.3) is 0 Å². The summed E-state index contributed by atoms with van der Waals surface area (Å²) in [5.41, 5.74) is 0.729. The van der Waals surface area contributed by atoms with E-state index in [0.717, 1.165) is 24.1 Å². The SMILES string of the molecule is CC(C)C[C@H](NC(=O)C1(C)CC(c2ccccc2)=NO1)B1O[C@@H]2C[C@@H]3C[C@@H](C3(C)C)[C@]2(C)O1. The van der Waals surface area contributed by atoms with Gasteiger partial charge in [-0.05, 0) is 61.8 Å². The Morgan fingerprint density at radius 3 is 2.58 bits per heavy atom. The number of benzene rings is 1. The molecule has 1 unspecified atom stereocenters. The summed E-state index contributed by atoms with van der Waals surface area (Å²) in [6.45, 7) is 13.1. The number of rotatable bonds is 6. The third-order valence-corrected chi connectivity index (χ3v) is 8.79. The maximum Gasteiger partial charge on any atom is 0.481 e. The predicted octanol–water partition coefficient (Wildman–Crippen LogP) is 4.37. The monoisotopic (exact) mass is 452 g/mol. The molecule has 3 saturated carbocycles. The Kier molecular flexibility index (Phi) is 5.44. The first-order valence-corrected chi connectivity index (χ1v) is 12.5. The summed E-state index contributed by atoms with van der Waals surface area (Å²) in [5.74, 6) is 1.17. The highest BCUT2D eigenvalue weighted by molar-refractivity contribution is 6.48. The number of carbonyl (C=O) groups excluding carboxylic acids is 1. The highest BCUT2D eigenvalue weighted by Crippen LogP contribution is 2.65. The highest BCUT2D eigenvalue weighted by Gasteiger charge is 2.68. The van der Waals surface area contributed by atoms with Crippen LogP contribution in [0.15, 0.2) is 35.5 Å². The first-order chi connectivity index (χ1) is 15.5. The summed E-state index contributed by atoms with van der Waals surface area (Å²) >= 11 is 0. The van der Waals surface area contributed by atoms with E-state index >= 15 is 0 Å². The van der Waals surface area contributed by atoms with E-state index in [4.69, 9.17) is 14.1 Å². The first-order valence-electron chi connectivity index (χ1n) is 12.5. The second kappa shape index (κ2) is 7.84. The molecule has 5 aliphatic rings. The summed E-state index contributed by atoms with van der Waals surface area (Å²) in [4.78, 5) is 19.1. The fourth-order valence-corrected chi connectivity index (χ4v) is 6.59. The molecule has 6 atom stereocenters. The van der Waals surface area contributed by atoms with Crippen LogP contribution in [0.5, 0.6) is 0 Å². The Hall–Kier alpha value is -1.86. The zero-order valence-electron chi connectivity index (χ0n) is 20.8. The van der Waals surface area contributed by atoms with E-state index in [1.807, 2.05) is 37.3 Å². The van der Waals surface area contributed by atoms with E-state index < -0.39 is 12.7 Å². The lowest BCUT2D eigenvalue weighted by atomic mass is 9.43. The van der Waals surface area contributed by atoms with Crippen LogP contribution >= 0.6 is 0 Å². The average Bonchev–Trinajstić information content (AvgIpc) is 3.34. The molecule has 2 aliphatic heterocycles. The lowest BCUT2D eigenvalue weighted by molar-refractivity contribution is -0.199. The van der Waals surface area contributed by atoms with Gasteiger partial charge in [-0.1, -0.05) is 63.2 Å². The zero-order chi connectivity index (χ0) is 23.6. The molecule has 33 heavy (non-hydrogen) atoms. The molecule has 7 heteroatoms. The van der Waals surface area contributed by atoms with Gasteiger partial charge in [0.25, 0.3) is 5.91 Å². The Bertz CT molecular complexity index is 951. The fraction of sp³-hybridized carbons (Fsp3) is 0.692. The Morgan fingerprint density at radius 2 is 1.91 bits per heavy atom. The van der Waals surface area contributed by atoms with Crippen LogP contribution in [-0.4, -0.2) is 42.0 Å². The second-order valence-electron chi connectivity index (χ2n) is 11.9. The molecular formula is C26H37BN2O4. The summed E-state index contributed by atoms with van der Waals surface area (Å²) in [5, 5.41) is 7.47. The van der Waals surface area contributed by atoms with Crippen LogP contribution in [0, 0.1) is 23.2 Å². The highest BCUT2D eigenvalue weighted by atomic mass is 16.7. The Labute approximate surface area is 198 Å². The van der Waals surface area contributed by atoms with Crippen LogP contribution in [0.2, 0.25) is 0 Å². The van der Waals surface area contributed by atoms with E-state index in [2.05, 4.69) is 45.1 Å². The molecule has 6 nitrogen and oxygen atoms in total. The summed E-state index contributed by atoms with van der Waals surface area (Å²) in [7, 11) is -0.444. The predicted molar refractivity (Wildman–Crippen MR) is 129 cm³/mol. The Morgan fingerprint density at radius 1 is 1.18 bits per heavy atom. The van der Waals surface area contributed by atoms with E-state index in [9.17, 15) is 4.79 Å². The molecule has 2 heterocycles. The Balaban J connectivity index is 1.29. The van der Waals surface area contributed by atoms with Gasteiger partial charge in [0.2, 0.25) is 5.60 Å². The van der Waals surface area contributed by atoms with Crippen LogP contribution in [0.4, 0.5) is 0 Å². The molecule has 1 saturated heterocycles. The third-order valence-electron chi connectivity index (χ3n) is 8.79. The maximum atomic E-state index is 13.4. The van der Waals surface area contributed by atoms with Crippen molar-refractivity contribution in [2.75, 3.05) is 0 Å². The van der Waals surface area contributed by atoms with Gasteiger partial charge in [0.1, 0.15) is 0 Å². The second-order valence-corrected chi connectivity index (χ2v) is 11.9. The van der Waals surface area contributed by atoms with Crippen LogP contribution < -0.4 is 5.32 Å². The minimum absolute atomic E-state index is 0.0946. The van der Waals surface area contributed by atoms with Crippen molar-refractivity contribution in [2.24, 2.45) is 28.3 Å². The van der Waals surface area contributed by atoms with Crippen molar-refractivity contribution in [3.63, 3.8) is 0 Å². The van der Waals surface area contributed by atoms with E-state index in [-0.39, 0.29) is 29.0 Å².